The largest absolute Gasteiger partial charge is 0.384 e. The fraction of sp³-hybridized carbons (Fsp3) is 0.294. The second kappa shape index (κ2) is 6.10. The van der Waals surface area contributed by atoms with E-state index < -0.39 is 9.84 Å². The molecule has 0 radical (unpaired) electrons. The number of fused-ring (bicyclic) bond motifs is 1. The quantitative estimate of drug-likeness (QED) is 0.889. The lowest BCUT2D eigenvalue weighted by molar-refractivity contribution is 0.602. The molecular weight excluding hydrogens is 296 g/mol. The van der Waals surface area contributed by atoms with E-state index in [-0.39, 0.29) is 0 Å². The predicted molar refractivity (Wildman–Crippen MR) is 88.7 cm³/mol. The minimum Gasteiger partial charge on any atom is -0.384 e. The monoisotopic (exact) mass is 316 g/mol. The third kappa shape index (κ3) is 3.31. The number of para-hydroxylation sites is 1. The fourth-order valence-electron chi connectivity index (χ4n) is 2.75. The van der Waals surface area contributed by atoms with Crippen LogP contribution in [0.1, 0.15) is 16.7 Å². The zero-order valence-electron chi connectivity index (χ0n) is 12.6. The van der Waals surface area contributed by atoms with Crippen LogP contribution in [0.5, 0.6) is 0 Å². The van der Waals surface area contributed by atoms with Crippen molar-refractivity contribution >= 4 is 15.5 Å². The molecule has 1 aliphatic rings. The molecule has 0 aliphatic carbocycles. The van der Waals surface area contributed by atoms with Gasteiger partial charge >= 0.3 is 0 Å². The molecule has 0 saturated heterocycles. The van der Waals surface area contributed by atoms with Gasteiger partial charge in [-0.2, -0.15) is 0 Å². The molecular formula is C17H20N2O2S. The van der Waals surface area contributed by atoms with Crippen LogP contribution in [0, 0.1) is 0 Å². The molecule has 2 aromatic rings. The van der Waals surface area contributed by atoms with Gasteiger partial charge in [-0.15, -0.1) is 0 Å². The van der Waals surface area contributed by atoms with Crippen LogP contribution in [0.4, 0.5) is 5.69 Å². The Bertz CT molecular complexity index is 768. The van der Waals surface area contributed by atoms with Crippen LogP contribution in [0.2, 0.25) is 0 Å². The molecule has 0 spiro atoms. The molecule has 0 fully saturated rings. The molecule has 22 heavy (non-hydrogen) atoms. The SMILES string of the molecule is CS(=O)(=O)c1ccc(CNCc2cccc3c2NCC3)cc1. The second-order valence-corrected chi connectivity index (χ2v) is 7.66. The maximum absolute atomic E-state index is 11.4. The Labute approximate surface area is 131 Å². The maximum atomic E-state index is 11.4. The molecule has 0 saturated carbocycles. The summed E-state index contributed by atoms with van der Waals surface area (Å²) in [5.41, 5.74) is 5.01. The summed E-state index contributed by atoms with van der Waals surface area (Å²) in [7, 11) is -3.12. The van der Waals surface area contributed by atoms with Gasteiger partial charge in [0.2, 0.25) is 0 Å². The number of rotatable bonds is 5. The lowest BCUT2D eigenvalue weighted by Gasteiger charge is -2.10. The molecule has 2 N–H and O–H groups in total. The Morgan fingerprint density at radius 1 is 1.09 bits per heavy atom. The molecule has 116 valence electrons. The van der Waals surface area contributed by atoms with Crippen molar-refractivity contribution in [1.82, 2.24) is 5.32 Å². The summed E-state index contributed by atoms with van der Waals surface area (Å²) in [4.78, 5) is 0.362. The average molecular weight is 316 g/mol. The third-order valence-electron chi connectivity index (χ3n) is 3.93. The first-order valence-corrected chi connectivity index (χ1v) is 9.27. The maximum Gasteiger partial charge on any atom is 0.175 e. The smallest absolute Gasteiger partial charge is 0.175 e. The molecule has 0 amide bonds. The highest BCUT2D eigenvalue weighted by atomic mass is 32.2. The van der Waals surface area contributed by atoms with Gasteiger partial charge in [-0.25, -0.2) is 8.42 Å². The fourth-order valence-corrected chi connectivity index (χ4v) is 3.38. The summed E-state index contributed by atoms with van der Waals surface area (Å²) in [6, 6.07) is 13.4. The zero-order chi connectivity index (χ0) is 15.6. The van der Waals surface area contributed by atoms with Crippen LogP contribution < -0.4 is 10.6 Å². The van der Waals surface area contributed by atoms with Gasteiger partial charge in [0.15, 0.2) is 9.84 Å². The Balaban J connectivity index is 1.61. The third-order valence-corrected chi connectivity index (χ3v) is 5.06. The molecule has 3 rings (SSSR count). The first-order valence-electron chi connectivity index (χ1n) is 7.38. The Morgan fingerprint density at radius 2 is 1.86 bits per heavy atom. The van der Waals surface area contributed by atoms with Crippen molar-refractivity contribution in [2.45, 2.75) is 24.4 Å². The van der Waals surface area contributed by atoms with E-state index in [4.69, 9.17) is 0 Å². The van der Waals surface area contributed by atoms with Crippen molar-refractivity contribution in [1.29, 1.82) is 0 Å². The van der Waals surface area contributed by atoms with Gasteiger partial charge in [-0.05, 0) is 35.2 Å². The van der Waals surface area contributed by atoms with Gasteiger partial charge in [0.1, 0.15) is 0 Å². The van der Waals surface area contributed by atoms with Gasteiger partial charge in [0.25, 0.3) is 0 Å². The predicted octanol–water partition coefficient (Wildman–Crippen LogP) is 2.35. The van der Waals surface area contributed by atoms with Crippen molar-refractivity contribution < 1.29 is 8.42 Å². The summed E-state index contributed by atoms with van der Waals surface area (Å²) in [5.74, 6) is 0. The molecule has 1 heterocycles. The minimum atomic E-state index is -3.12. The zero-order valence-corrected chi connectivity index (χ0v) is 13.4. The van der Waals surface area contributed by atoms with Crippen LogP contribution in [0.3, 0.4) is 0 Å². The number of anilines is 1. The standard InChI is InChI=1S/C17H20N2O2S/c1-22(20,21)16-7-5-13(6-8-16)11-18-12-15-4-2-3-14-9-10-19-17(14)15/h2-8,18-19H,9-12H2,1H3. The molecule has 2 aromatic carbocycles. The Hall–Kier alpha value is -1.85. The van der Waals surface area contributed by atoms with Gasteiger partial charge in [-0.1, -0.05) is 30.3 Å². The van der Waals surface area contributed by atoms with Crippen molar-refractivity contribution in [3.63, 3.8) is 0 Å². The molecule has 0 bridgehead atoms. The second-order valence-electron chi connectivity index (χ2n) is 5.65. The normalized spacial score (nSPS) is 13.7. The van der Waals surface area contributed by atoms with Crippen molar-refractivity contribution in [3.05, 3.63) is 59.2 Å². The van der Waals surface area contributed by atoms with E-state index in [1.54, 1.807) is 12.1 Å². The Kier molecular flexibility index (Phi) is 4.18. The van der Waals surface area contributed by atoms with Crippen LogP contribution >= 0.6 is 0 Å². The van der Waals surface area contributed by atoms with E-state index >= 15 is 0 Å². The van der Waals surface area contributed by atoms with Crippen LogP contribution in [0.15, 0.2) is 47.4 Å². The summed E-state index contributed by atoms with van der Waals surface area (Å²) in [5, 5.41) is 6.85. The highest BCUT2D eigenvalue weighted by Gasteiger charge is 2.13. The number of hydrogen-bond donors (Lipinski definition) is 2. The van der Waals surface area contributed by atoms with Crippen molar-refractivity contribution in [2.75, 3.05) is 18.1 Å². The lowest BCUT2D eigenvalue weighted by Crippen LogP contribution is -2.14. The molecule has 4 nitrogen and oxygen atoms in total. The van der Waals surface area contributed by atoms with E-state index in [9.17, 15) is 8.42 Å². The minimum absolute atomic E-state index is 0.362. The van der Waals surface area contributed by atoms with E-state index in [1.807, 2.05) is 12.1 Å². The Morgan fingerprint density at radius 3 is 2.59 bits per heavy atom. The molecule has 0 aromatic heterocycles. The molecule has 0 unspecified atom stereocenters. The summed E-state index contributed by atoms with van der Waals surface area (Å²) in [6.07, 6.45) is 2.32. The van der Waals surface area contributed by atoms with Gasteiger partial charge < -0.3 is 10.6 Å². The highest BCUT2D eigenvalue weighted by molar-refractivity contribution is 7.90. The average Bonchev–Trinajstić information content (AvgIpc) is 2.96. The first-order chi connectivity index (χ1) is 10.5. The van der Waals surface area contributed by atoms with Crippen LogP contribution in [-0.4, -0.2) is 21.2 Å². The van der Waals surface area contributed by atoms with Gasteiger partial charge in [0, 0.05) is 31.6 Å². The summed E-state index contributed by atoms with van der Waals surface area (Å²) >= 11 is 0. The molecule has 5 heteroatoms. The van der Waals surface area contributed by atoms with E-state index in [2.05, 4.69) is 28.8 Å². The van der Waals surface area contributed by atoms with E-state index in [0.29, 0.717) is 11.4 Å². The highest BCUT2D eigenvalue weighted by Crippen LogP contribution is 2.26. The van der Waals surface area contributed by atoms with Crippen molar-refractivity contribution in [3.8, 4) is 0 Å². The van der Waals surface area contributed by atoms with Crippen molar-refractivity contribution in [2.24, 2.45) is 0 Å². The number of sulfone groups is 1. The lowest BCUT2D eigenvalue weighted by atomic mass is 10.1. The summed E-state index contributed by atoms with van der Waals surface area (Å²) < 4.78 is 22.9. The molecule has 0 atom stereocenters. The van der Waals surface area contributed by atoms with Gasteiger partial charge in [0.05, 0.1) is 4.90 Å². The number of hydrogen-bond acceptors (Lipinski definition) is 4. The first kappa shape index (κ1) is 15.1. The van der Waals surface area contributed by atoms with Crippen LogP contribution in [-0.2, 0) is 29.3 Å². The van der Waals surface area contributed by atoms with Gasteiger partial charge in [-0.3, -0.25) is 0 Å². The van der Waals surface area contributed by atoms with E-state index in [0.717, 1.165) is 25.1 Å². The topological polar surface area (TPSA) is 58.2 Å². The molecule has 1 aliphatic heterocycles. The van der Waals surface area contributed by atoms with E-state index in [1.165, 1.54) is 23.1 Å². The number of nitrogens with one attached hydrogen (secondary N) is 2. The van der Waals surface area contributed by atoms with Crippen LogP contribution in [0.25, 0.3) is 0 Å². The number of benzene rings is 2. The summed E-state index contributed by atoms with van der Waals surface area (Å²) in [6.45, 7) is 2.52.